The fraction of sp³-hybridized carbons (Fsp3) is 0.400. The average molecular weight is 457 g/mol. The van der Waals surface area contributed by atoms with E-state index in [0.29, 0.717) is 22.6 Å². The Morgan fingerprint density at radius 1 is 1.46 bits per heavy atom. The number of anilines is 1. The van der Waals surface area contributed by atoms with Crippen molar-refractivity contribution in [1.82, 2.24) is 9.78 Å². The fourth-order valence-electron chi connectivity index (χ4n) is 2.42. The monoisotopic (exact) mass is 456 g/mol. The summed E-state index contributed by atoms with van der Waals surface area (Å²) in [5.74, 6) is -2.63. The van der Waals surface area contributed by atoms with Gasteiger partial charge in [0.25, 0.3) is 0 Å². The molecule has 0 saturated heterocycles. The van der Waals surface area contributed by atoms with Crippen LogP contribution in [0.4, 0.5) is 18.9 Å². The van der Waals surface area contributed by atoms with Crippen molar-refractivity contribution in [3.05, 3.63) is 41.1 Å². The van der Waals surface area contributed by atoms with Gasteiger partial charge in [0.2, 0.25) is 6.20 Å². The molecule has 0 aliphatic rings. The zero-order valence-corrected chi connectivity index (χ0v) is 16.9. The fourth-order valence-corrected chi connectivity index (χ4v) is 4.25. The first-order chi connectivity index (χ1) is 12.9. The zero-order valence-electron chi connectivity index (χ0n) is 14.6. The molecule has 2 rings (SSSR count). The van der Waals surface area contributed by atoms with Crippen molar-refractivity contribution in [1.29, 1.82) is 0 Å². The molecule has 0 aliphatic heterocycles. The van der Waals surface area contributed by atoms with Gasteiger partial charge in [0, 0.05) is 19.0 Å². The number of pyridine rings is 1. The summed E-state index contributed by atoms with van der Waals surface area (Å²) in [6.45, 7) is 2.01. The van der Waals surface area contributed by atoms with Crippen LogP contribution in [-0.2, 0) is 9.84 Å². The van der Waals surface area contributed by atoms with E-state index in [4.69, 9.17) is 23.8 Å². The molecule has 0 unspecified atom stereocenters. The third kappa shape index (κ3) is 6.04. The number of aromatic nitrogens is 3. The van der Waals surface area contributed by atoms with E-state index >= 15 is 0 Å². The second-order valence-corrected chi connectivity index (χ2v) is 8.78. The minimum absolute atomic E-state index is 0.0450. The van der Waals surface area contributed by atoms with Crippen LogP contribution in [0.25, 0.3) is 5.69 Å². The molecule has 0 N–H and O–H groups in total. The predicted octanol–water partition coefficient (Wildman–Crippen LogP) is 2.68. The van der Waals surface area contributed by atoms with Crippen LogP contribution in [0.2, 0.25) is 5.15 Å². The molecule has 13 heteroatoms. The number of alkyl halides is 3. The van der Waals surface area contributed by atoms with Gasteiger partial charge in [0.15, 0.2) is 21.2 Å². The smallest absolute Gasteiger partial charge is 0.402 e. The van der Waals surface area contributed by atoms with Crippen LogP contribution in [-0.4, -0.2) is 47.4 Å². The predicted molar refractivity (Wildman–Crippen MR) is 102 cm³/mol. The van der Waals surface area contributed by atoms with Crippen molar-refractivity contribution in [2.45, 2.75) is 19.5 Å². The van der Waals surface area contributed by atoms with Crippen LogP contribution in [0.5, 0.6) is 0 Å². The van der Waals surface area contributed by atoms with Gasteiger partial charge in [0.05, 0.1) is 22.6 Å². The minimum Gasteiger partial charge on any atom is -0.619 e. The SMILES string of the molecule is CCN(C(=S)CCS(=O)(=O)CC(F)(F)F)c1cn(-c2ccc[n+]([O-])c2)nc1Cl. The van der Waals surface area contributed by atoms with E-state index in [-0.39, 0.29) is 16.6 Å². The van der Waals surface area contributed by atoms with E-state index in [9.17, 15) is 26.8 Å². The van der Waals surface area contributed by atoms with Crippen LogP contribution >= 0.6 is 23.8 Å². The molecule has 154 valence electrons. The molecular weight excluding hydrogens is 441 g/mol. The largest absolute Gasteiger partial charge is 0.619 e. The Morgan fingerprint density at radius 2 is 2.14 bits per heavy atom. The van der Waals surface area contributed by atoms with Gasteiger partial charge >= 0.3 is 6.18 Å². The van der Waals surface area contributed by atoms with Gasteiger partial charge < -0.3 is 10.1 Å². The van der Waals surface area contributed by atoms with Crippen LogP contribution in [0.3, 0.4) is 0 Å². The van der Waals surface area contributed by atoms with Gasteiger partial charge in [-0.2, -0.15) is 23.0 Å². The molecule has 28 heavy (non-hydrogen) atoms. The summed E-state index contributed by atoms with van der Waals surface area (Å²) in [6, 6.07) is 3.14. The number of halogens is 4. The van der Waals surface area contributed by atoms with E-state index in [1.807, 2.05) is 0 Å². The highest BCUT2D eigenvalue weighted by Gasteiger charge is 2.35. The maximum atomic E-state index is 12.3. The molecular formula is C15H16ClF3N4O3S2. The molecule has 2 heterocycles. The first-order valence-corrected chi connectivity index (χ1v) is 10.5. The van der Waals surface area contributed by atoms with E-state index in [1.165, 1.54) is 34.2 Å². The Labute approximate surface area is 169 Å². The lowest BCUT2D eigenvalue weighted by Crippen LogP contribution is -2.32. The molecule has 2 aromatic rings. The minimum atomic E-state index is -4.80. The Kier molecular flexibility index (Phi) is 6.88. The molecule has 0 bridgehead atoms. The highest BCUT2D eigenvalue weighted by atomic mass is 35.5. The first-order valence-electron chi connectivity index (χ1n) is 7.94. The second-order valence-electron chi connectivity index (χ2n) is 5.77. The zero-order chi connectivity index (χ0) is 21.1. The van der Waals surface area contributed by atoms with Crippen molar-refractivity contribution in [2.75, 3.05) is 23.0 Å². The molecule has 0 atom stereocenters. The quantitative estimate of drug-likeness (QED) is 0.362. The second kappa shape index (κ2) is 8.62. The third-order valence-corrected chi connectivity index (χ3v) is 5.88. The molecule has 7 nitrogen and oxygen atoms in total. The molecule has 0 amide bonds. The molecule has 0 aliphatic carbocycles. The van der Waals surface area contributed by atoms with Gasteiger partial charge in [0.1, 0.15) is 11.4 Å². The van der Waals surface area contributed by atoms with Crippen LogP contribution in [0.15, 0.2) is 30.7 Å². The Morgan fingerprint density at radius 3 is 2.71 bits per heavy atom. The van der Waals surface area contributed by atoms with Crippen molar-refractivity contribution in [2.24, 2.45) is 0 Å². The lowest BCUT2D eigenvalue weighted by Gasteiger charge is -2.22. The molecule has 2 aromatic heterocycles. The Hall–Kier alpha value is -1.92. The number of nitrogens with zero attached hydrogens (tertiary/aromatic N) is 4. The summed E-state index contributed by atoms with van der Waals surface area (Å²) < 4.78 is 62.2. The van der Waals surface area contributed by atoms with Crippen LogP contribution in [0.1, 0.15) is 13.3 Å². The lowest BCUT2D eigenvalue weighted by atomic mass is 10.3. The normalized spacial score (nSPS) is 12.2. The van der Waals surface area contributed by atoms with Gasteiger partial charge in [-0.25, -0.2) is 13.1 Å². The van der Waals surface area contributed by atoms with Crippen molar-refractivity contribution >= 4 is 44.3 Å². The summed E-state index contributed by atoms with van der Waals surface area (Å²) in [5.41, 5.74) is 0.782. The number of thiocarbonyl (C=S) groups is 1. The Balaban J connectivity index is 2.18. The standard InChI is InChI=1S/C15H16ClF3N4O3S2/c1-2-22(13(27)5-7-28(25,26)10-15(17,18)19)12-9-23(20-14(12)16)11-4-3-6-21(24)8-11/h3-4,6,8-9H,2,5,7,10H2,1H3. The van der Waals surface area contributed by atoms with Crippen LogP contribution < -0.4 is 9.63 Å². The highest BCUT2D eigenvalue weighted by molar-refractivity contribution is 7.91. The highest BCUT2D eigenvalue weighted by Crippen LogP contribution is 2.27. The molecule has 0 radical (unpaired) electrons. The summed E-state index contributed by atoms with van der Waals surface area (Å²) >= 11 is 11.3. The van der Waals surface area contributed by atoms with E-state index in [2.05, 4.69) is 5.10 Å². The van der Waals surface area contributed by atoms with E-state index in [0.717, 1.165) is 0 Å². The van der Waals surface area contributed by atoms with E-state index < -0.39 is 27.5 Å². The number of hydrogen-bond acceptors (Lipinski definition) is 5. The topological polar surface area (TPSA) is 82.1 Å². The van der Waals surface area contributed by atoms with Gasteiger partial charge in [-0.05, 0) is 13.0 Å². The van der Waals surface area contributed by atoms with Gasteiger partial charge in [-0.15, -0.1) is 0 Å². The van der Waals surface area contributed by atoms with Crippen molar-refractivity contribution in [3.8, 4) is 5.69 Å². The summed E-state index contributed by atoms with van der Waals surface area (Å²) in [6.07, 6.45) is -1.01. The van der Waals surface area contributed by atoms with Crippen molar-refractivity contribution < 1.29 is 26.3 Å². The van der Waals surface area contributed by atoms with E-state index in [1.54, 1.807) is 13.0 Å². The number of hydrogen-bond donors (Lipinski definition) is 0. The molecule has 0 saturated carbocycles. The number of sulfone groups is 1. The van der Waals surface area contributed by atoms with Crippen molar-refractivity contribution in [3.63, 3.8) is 0 Å². The van der Waals surface area contributed by atoms with Crippen LogP contribution in [0, 0.1) is 5.21 Å². The van der Waals surface area contributed by atoms with Gasteiger partial charge in [-0.1, -0.05) is 23.8 Å². The summed E-state index contributed by atoms with van der Waals surface area (Å²) in [5, 5.41) is 15.5. The summed E-state index contributed by atoms with van der Waals surface area (Å²) in [7, 11) is -4.34. The summed E-state index contributed by atoms with van der Waals surface area (Å²) in [4.78, 5) is 1.60. The maximum Gasteiger partial charge on any atom is 0.402 e. The lowest BCUT2D eigenvalue weighted by molar-refractivity contribution is -0.605. The Bertz CT molecular complexity index is 964. The molecule has 0 fully saturated rings. The third-order valence-electron chi connectivity index (χ3n) is 3.59. The molecule has 0 aromatic carbocycles. The first kappa shape index (κ1) is 22.4. The maximum absolute atomic E-state index is 12.3. The van der Waals surface area contributed by atoms with Gasteiger partial charge in [-0.3, -0.25) is 0 Å². The number of rotatable bonds is 7. The average Bonchev–Trinajstić information content (AvgIpc) is 2.93. The molecule has 0 spiro atoms.